The third-order valence-electron chi connectivity index (χ3n) is 6.15. The van der Waals surface area contributed by atoms with E-state index < -0.39 is 11.9 Å². The average molecular weight is 459 g/mol. The number of hydrogen-bond acceptors (Lipinski definition) is 5. The number of rotatable bonds is 6. The number of methoxy groups -OCH3 is 2. The first-order valence-electron chi connectivity index (χ1n) is 10.8. The van der Waals surface area contributed by atoms with Crippen LogP contribution in [0, 0.1) is 5.82 Å². The van der Waals surface area contributed by atoms with Gasteiger partial charge in [0.15, 0.2) is 16.9 Å². The monoisotopic (exact) mass is 459 g/mol. The molecule has 1 atom stereocenters. The zero-order valence-corrected chi connectivity index (χ0v) is 18.7. The van der Waals surface area contributed by atoms with E-state index in [1.807, 2.05) is 18.2 Å². The van der Waals surface area contributed by atoms with Crippen LogP contribution < -0.4 is 14.9 Å². The maximum Gasteiger partial charge on any atom is 0.290 e. The van der Waals surface area contributed by atoms with Crippen molar-refractivity contribution in [3.63, 3.8) is 0 Å². The third kappa shape index (κ3) is 3.59. The number of nitrogens with zero attached hydrogens (tertiary/aromatic N) is 1. The molecule has 1 aliphatic rings. The van der Waals surface area contributed by atoms with Crippen molar-refractivity contribution < 1.29 is 23.1 Å². The Morgan fingerprint density at radius 3 is 2.41 bits per heavy atom. The fourth-order valence-electron chi connectivity index (χ4n) is 4.48. The molecule has 0 saturated heterocycles. The quantitative estimate of drug-likeness (QED) is 0.417. The number of para-hydroxylation sites is 1. The average Bonchev–Trinajstić information content (AvgIpc) is 3.14. The van der Waals surface area contributed by atoms with Gasteiger partial charge in [-0.2, -0.15) is 0 Å². The molecule has 7 heteroatoms. The molecule has 1 amide bonds. The van der Waals surface area contributed by atoms with Gasteiger partial charge in [0.05, 0.1) is 31.2 Å². The molecule has 0 spiro atoms. The highest BCUT2D eigenvalue weighted by molar-refractivity contribution is 5.99. The number of hydrogen-bond donors (Lipinski definition) is 0. The molecule has 0 bridgehead atoms. The van der Waals surface area contributed by atoms with Crippen molar-refractivity contribution in [2.75, 3.05) is 20.8 Å². The van der Waals surface area contributed by atoms with Crippen molar-refractivity contribution in [1.29, 1.82) is 0 Å². The number of halogens is 1. The van der Waals surface area contributed by atoms with Gasteiger partial charge in [-0.15, -0.1) is 0 Å². The van der Waals surface area contributed by atoms with Crippen LogP contribution in [-0.2, 0) is 6.42 Å². The topological polar surface area (TPSA) is 69.0 Å². The van der Waals surface area contributed by atoms with Crippen LogP contribution in [0.5, 0.6) is 11.5 Å². The van der Waals surface area contributed by atoms with Crippen LogP contribution in [0.2, 0.25) is 0 Å². The Balaban J connectivity index is 1.57. The Hall–Kier alpha value is -4.13. The Morgan fingerprint density at radius 1 is 0.941 bits per heavy atom. The van der Waals surface area contributed by atoms with E-state index in [-0.39, 0.29) is 22.7 Å². The SMILES string of the molecule is COc1ccc(CCN2C(=O)c3oc4ccccc4c(=O)c3C2c2ccc(F)cc2)cc1OC. The van der Waals surface area contributed by atoms with Crippen LogP contribution >= 0.6 is 0 Å². The molecule has 0 saturated carbocycles. The van der Waals surface area contributed by atoms with Crippen molar-refractivity contribution in [2.45, 2.75) is 12.5 Å². The first-order chi connectivity index (χ1) is 16.5. The van der Waals surface area contributed by atoms with Crippen LogP contribution in [0.15, 0.2) is 75.9 Å². The highest BCUT2D eigenvalue weighted by atomic mass is 19.1. The fourth-order valence-corrected chi connectivity index (χ4v) is 4.48. The minimum atomic E-state index is -0.677. The van der Waals surface area contributed by atoms with Crippen molar-refractivity contribution >= 4 is 16.9 Å². The Kier molecular flexibility index (Phi) is 5.53. The first kappa shape index (κ1) is 21.7. The second-order valence-corrected chi connectivity index (χ2v) is 8.06. The van der Waals surface area contributed by atoms with Crippen LogP contribution in [0.4, 0.5) is 4.39 Å². The molecule has 1 aromatic heterocycles. The van der Waals surface area contributed by atoms with Gasteiger partial charge >= 0.3 is 0 Å². The summed E-state index contributed by atoms with van der Waals surface area (Å²) in [4.78, 5) is 28.5. The molecule has 34 heavy (non-hydrogen) atoms. The van der Waals surface area contributed by atoms with Gasteiger partial charge in [0.1, 0.15) is 11.4 Å². The highest BCUT2D eigenvalue weighted by Gasteiger charge is 2.42. The second kappa shape index (κ2) is 8.67. The van der Waals surface area contributed by atoms with Gasteiger partial charge in [-0.25, -0.2) is 4.39 Å². The van der Waals surface area contributed by atoms with Crippen LogP contribution in [-0.4, -0.2) is 31.6 Å². The summed E-state index contributed by atoms with van der Waals surface area (Å²) in [6.07, 6.45) is 0.505. The Morgan fingerprint density at radius 2 is 1.68 bits per heavy atom. The molecule has 5 rings (SSSR count). The lowest BCUT2D eigenvalue weighted by molar-refractivity contribution is 0.0730. The maximum absolute atomic E-state index is 13.7. The molecule has 1 aliphatic heterocycles. The van der Waals surface area contributed by atoms with Gasteiger partial charge < -0.3 is 18.8 Å². The lowest BCUT2D eigenvalue weighted by Gasteiger charge is -2.25. The van der Waals surface area contributed by atoms with E-state index >= 15 is 0 Å². The molecule has 0 N–H and O–H groups in total. The summed E-state index contributed by atoms with van der Waals surface area (Å²) in [5, 5.41) is 0.405. The fraction of sp³-hybridized carbons (Fsp3) is 0.185. The lowest BCUT2D eigenvalue weighted by Crippen LogP contribution is -2.31. The van der Waals surface area contributed by atoms with Gasteiger partial charge in [-0.1, -0.05) is 30.3 Å². The zero-order chi connectivity index (χ0) is 23.8. The van der Waals surface area contributed by atoms with Crippen molar-refractivity contribution in [2.24, 2.45) is 0 Å². The highest BCUT2D eigenvalue weighted by Crippen LogP contribution is 2.38. The summed E-state index contributed by atoms with van der Waals surface area (Å²) in [5.41, 5.74) is 1.96. The van der Waals surface area contributed by atoms with E-state index in [2.05, 4.69) is 0 Å². The maximum atomic E-state index is 13.7. The smallest absolute Gasteiger partial charge is 0.290 e. The van der Waals surface area contributed by atoms with Crippen molar-refractivity contribution in [3.05, 3.63) is 105 Å². The van der Waals surface area contributed by atoms with E-state index in [4.69, 9.17) is 13.9 Å². The molecule has 1 unspecified atom stereocenters. The molecule has 0 fully saturated rings. The van der Waals surface area contributed by atoms with Gasteiger partial charge in [-0.05, 0) is 53.9 Å². The predicted octanol–water partition coefficient (Wildman–Crippen LogP) is 4.74. The minimum absolute atomic E-state index is 0.0327. The van der Waals surface area contributed by atoms with Gasteiger partial charge in [0, 0.05) is 6.54 Å². The summed E-state index contributed by atoms with van der Waals surface area (Å²) in [5.74, 6) is 0.476. The van der Waals surface area contributed by atoms with Gasteiger partial charge in [0.2, 0.25) is 5.76 Å². The number of ether oxygens (including phenoxy) is 2. The number of carbonyl (C=O) groups excluding carboxylic acids is 1. The molecule has 6 nitrogen and oxygen atoms in total. The van der Waals surface area contributed by atoms with Crippen LogP contribution in [0.3, 0.4) is 0 Å². The van der Waals surface area contributed by atoms with Crippen molar-refractivity contribution in [1.82, 2.24) is 4.90 Å². The molecule has 0 aliphatic carbocycles. The predicted molar refractivity (Wildman–Crippen MR) is 125 cm³/mol. The van der Waals surface area contributed by atoms with Gasteiger partial charge in [0.25, 0.3) is 5.91 Å². The third-order valence-corrected chi connectivity index (χ3v) is 6.15. The second-order valence-electron chi connectivity index (χ2n) is 8.06. The molecule has 3 aromatic carbocycles. The molecule has 4 aromatic rings. The van der Waals surface area contributed by atoms with Gasteiger partial charge in [-0.3, -0.25) is 9.59 Å². The van der Waals surface area contributed by atoms with E-state index in [0.717, 1.165) is 5.56 Å². The zero-order valence-electron chi connectivity index (χ0n) is 18.7. The molecular formula is C27H22FNO5. The molecule has 0 radical (unpaired) electrons. The summed E-state index contributed by atoms with van der Waals surface area (Å²) >= 11 is 0. The van der Waals surface area contributed by atoms with E-state index in [1.54, 1.807) is 55.5 Å². The molecular weight excluding hydrogens is 437 g/mol. The Labute approximate surface area is 195 Å². The largest absolute Gasteiger partial charge is 0.493 e. The van der Waals surface area contributed by atoms with Crippen LogP contribution in [0.1, 0.15) is 33.3 Å². The number of benzene rings is 3. The number of carbonyl (C=O) groups is 1. The summed E-state index contributed by atoms with van der Waals surface area (Å²) in [7, 11) is 3.13. The number of fused-ring (bicyclic) bond motifs is 2. The molecule has 2 heterocycles. The van der Waals surface area contributed by atoms with E-state index in [1.165, 1.54) is 12.1 Å². The Bertz CT molecular complexity index is 1440. The lowest BCUT2D eigenvalue weighted by atomic mass is 9.98. The normalized spacial score (nSPS) is 15.0. The van der Waals surface area contributed by atoms with Crippen LogP contribution in [0.25, 0.3) is 11.0 Å². The number of amides is 1. The van der Waals surface area contributed by atoms with E-state index in [9.17, 15) is 14.0 Å². The first-order valence-corrected chi connectivity index (χ1v) is 10.8. The van der Waals surface area contributed by atoms with E-state index in [0.29, 0.717) is 41.0 Å². The minimum Gasteiger partial charge on any atom is -0.493 e. The van der Waals surface area contributed by atoms with Crippen molar-refractivity contribution in [3.8, 4) is 11.5 Å². The standard InChI is InChI=1S/C27H22FNO5/c1-32-21-12-7-16(15-22(21)33-2)13-14-29-24(17-8-10-18(28)11-9-17)23-25(30)19-5-3-4-6-20(19)34-26(23)27(29)31/h3-12,15,24H,13-14H2,1-2H3. The summed E-state index contributed by atoms with van der Waals surface area (Å²) in [6.45, 7) is 0.316. The summed E-state index contributed by atoms with van der Waals surface area (Å²) in [6, 6.07) is 17.6. The summed E-state index contributed by atoms with van der Waals surface area (Å²) < 4.78 is 30.3. The molecule has 172 valence electrons.